The number of benzene rings is 1. The van der Waals surface area contributed by atoms with Gasteiger partial charge >= 0.3 is 0 Å². The van der Waals surface area contributed by atoms with Gasteiger partial charge in [0.2, 0.25) is 0 Å². The van der Waals surface area contributed by atoms with Crippen LogP contribution in [-0.2, 0) is 0 Å². The fourth-order valence-corrected chi connectivity index (χ4v) is 2.60. The number of nitro groups is 1. The maximum absolute atomic E-state index is 13.2. The number of carbonyl (C=O) groups excluding carboxylic acids is 1. The van der Waals surface area contributed by atoms with Crippen LogP contribution in [0.25, 0.3) is 0 Å². The average Bonchev–Trinajstić information content (AvgIpc) is 2.38. The van der Waals surface area contributed by atoms with Gasteiger partial charge in [0.15, 0.2) is 0 Å². The summed E-state index contributed by atoms with van der Waals surface area (Å²) in [6.07, 6.45) is 1.33. The molecule has 7 heteroatoms. The minimum Gasteiger partial charge on any atom is -0.347 e. The highest BCUT2D eigenvalue weighted by molar-refractivity contribution is 9.09. The second kappa shape index (κ2) is 6.78. The van der Waals surface area contributed by atoms with Crippen LogP contribution in [0.1, 0.15) is 37.0 Å². The van der Waals surface area contributed by atoms with Gasteiger partial charge < -0.3 is 5.32 Å². The smallest absolute Gasteiger partial charge is 0.282 e. The molecule has 0 spiro atoms. The van der Waals surface area contributed by atoms with E-state index < -0.39 is 27.9 Å². The van der Waals surface area contributed by atoms with Crippen LogP contribution >= 0.6 is 15.9 Å². The predicted octanol–water partition coefficient (Wildman–Crippen LogP) is 3.42. The van der Waals surface area contributed by atoms with Crippen molar-refractivity contribution < 1.29 is 14.1 Å². The molecular formula is C13H16BrFN2O3. The third kappa shape index (κ3) is 4.00. The highest BCUT2D eigenvalue weighted by atomic mass is 79.9. The van der Waals surface area contributed by atoms with E-state index in [1.165, 1.54) is 0 Å². The van der Waals surface area contributed by atoms with E-state index in [2.05, 4.69) is 21.2 Å². The first-order chi connectivity index (χ1) is 9.33. The number of carbonyl (C=O) groups is 1. The number of hydrogen-bond donors (Lipinski definition) is 1. The molecular weight excluding hydrogens is 331 g/mol. The van der Waals surface area contributed by atoms with Crippen molar-refractivity contribution in [3.8, 4) is 0 Å². The lowest BCUT2D eigenvalue weighted by Crippen LogP contribution is -2.46. The van der Waals surface area contributed by atoms with Crippen molar-refractivity contribution in [3.05, 3.63) is 39.7 Å². The lowest BCUT2D eigenvalue weighted by molar-refractivity contribution is -0.385. The Bertz CT molecular complexity index is 524. The van der Waals surface area contributed by atoms with Crippen molar-refractivity contribution in [3.63, 3.8) is 0 Å². The van der Waals surface area contributed by atoms with Gasteiger partial charge in [-0.25, -0.2) is 4.39 Å². The first-order valence-corrected chi connectivity index (χ1v) is 7.27. The molecule has 0 heterocycles. The van der Waals surface area contributed by atoms with E-state index in [-0.39, 0.29) is 5.56 Å². The Labute approximate surface area is 124 Å². The molecule has 20 heavy (non-hydrogen) atoms. The lowest BCUT2D eigenvalue weighted by atomic mass is 9.95. The molecule has 1 aromatic carbocycles. The second-order valence-electron chi connectivity index (χ2n) is 4.73. The molecule has 1 aromatic rings. The molecule has 1 rings (SSSR count). The Morgan fingerprint density at radius 1 is 1.55 bits per heavy atom. The number of hydrogen-bond acceptors (Lipinski definition) is 3. The molecule has 0 saturated heterocycles. The van der Waals surface area contributed by atoms with Gasteiger partial charge in [0.05, 0.1) is 4.92 Å². The average molecular weight is 347 g/mol. The third-order valence-electron chi connectivity index (χ3n) is 3.24. The normalized spacial score (nSPS) is 13.6. The Hall–Kier alpha value is -1.50. The van der Waals surface area contributed by atoms with Gasteiger partial charge in [0.25, 0.3) is 11.6 Å². The van der Waals surface area contributed by atoms with Crippen LogP contribution < -0.4 is 5.32 Å². The molecule has 1 N–H and O–H groups in total. The minimum absolute atomic E-state index is 0.260. The quantitative estimate of drug-likeness (QED) is 0.487. The number of halogens is 2. The maximum atomic E-state index is 13.2. The molecule has 0 aliphatic rings. The number of nitro benzene ring substituents is 1. The van der Waals surface area contributed by atoms with Crippen LogP contribution in [0.2, 0.25) is 0 Å². The number of nitrogens with one attached hydrogen (secondary N) is 1. The van der Waals surface area contributed by atoms with Crippen molar-refractivity contribution >= 4 is 27.5 Å². The van der Waals surface area contributed by atoms with E-state index in [9.17, 15) is 19.3 Å². The molecule has 0 bridgehead atoms. The highest BCUT2D eigenvalue weighted by Crippen LogP contribution is 2.22. The van der Waals surface area contributed by atoms with Crippen molar-refractivity contribution in [2.75, 3.05) is 5.33 Å². The maximum Gasteiger partial charge on any atom is 0.282 e. The van der Waals surface area contributed by atoms with E-state index in [1.54, 1.807) is 0 Å². The van der Waals surface area contributed by atoms with E-state index in [0.717, 1.165) is 18.2 Å². The topological polar surface area (TPSA) is 72.2 Å². The monoisotopic (exact) mass is 346 g/mol. The summed E-state index contributed by atoms with van der Waals surface area (Å²) in [6, 6.07) is 2.85. The van der Waals surface area contributed by atoms with Crippen molar-refractivity contribution in [1.82, 2.24) is 5.32 Å². The number of amides is 1. The van der Waals surface area contributed by atoms with Crippen LogP contribution in [0, 0.1) is 15.9 Å². The van der Waals surface area contributed by atoms with Gasteiger partial charge in [0, 0.05) is 16.9 Å². The van der Waals surface area contributed by atoms with Gasteiger partial charge in [-0.3, -0.25) is 14.9 Å². The first kappa shape index (κ1) is 16.6. The lowest BCUT2D eigenvalue weighted by Gasteiger charge is -2.29. The number of alkyl halides is 1. The van der Waals surface area contributed by atoms with Crippen LogP contribution in [0.3, 0.4) is 0 Å². The Balaban J connectivity index is 3.08. The standard InChI is InChI=1S/C13H16BrFN2O3/c1-3-13(2,6-7-14)16-12(18)10-8-9(15)4-5-11(10)17(19)20/h4-5,8H,3,6-7H2,1-2H3,(H,16,18). The minimum atomic E-state index is -0.692. The van der Waals surface area contributed by atoms with Crippen LogP contribution in [0.15, 0.2) is 18.2 Å². The van der Waals surface area contributed by atoms with Crippen molar-refractivity contribution in [1.29, 1.82) is 0 Å². The number of rotatable bonds is 6. The van der Waals surface area contributed by atoms with E-state index >= 15 is 0 Å². The van der Waals surface area contributed by atoms with Crippen LogP contribution in [0.5, 0.6) is 0 Å². The molecule has 1 amide bonds. The van der Waals surface area contributed by atoms with Gasteiger partial charge in [-0.2, -0.15) is 0 Å². The molecule has 1 unspecified atom stereocenters. The van der Waals surface area contributed by atoms with E-state index in [0.29, 0.717) is 18.2 Å². The first-order valence-electron chi connectivity index (χ1n) is 6.15. The molecule has 1 atom stereocenters. The summed E-state index contributed by atoms with van der Waals surface area (Å²) < 4.78 is 13.2. The summed E-state index contributed by atoms with van der Waals surface area (Å²) in [5, 5.41) is 14.3. The molecule has 0 saturated carbocycles. The fraction of sp³-hybridized carbons (Fsp3) is 0.462. The summed E-state index contributed by atoms with van der Waals surface area (Å²) in [4.78, 5) is 22.4. The van der Waals surface area contributed by atoms with Gasteiger partial charge in [-0.1, -0.05) is 22.9 Å². The number of nitrogens with zero attached hydrogens (tertiary/aromatic N) is 1. The van der Waals surface area contributed by atoms with E-state index in [1.807, 2.05) is 13.8 Å². The molecule has 0 radical (unpaired) electrons. The summed E-state index contributed by atoms with van der Waals surface area (Å²) in [5.74, 6) is -1.32. The van der Waals surface area contributed by atoms with Crippen molar-refractivity contribution in [2.24, 2.45) is 0 Å². The zero-order chi connectivity index (χ0) is 15.3. The predicted molar refractivity (Wildman–Crippen MR) is 77.6 cm³/mol. The summed E-state index contributed by atoms with van der Waals surface area (Å²) in [5.41, 5.74) is -1.16. The second-order valence-corrected chi connectivity index (χ2v) is 5.52. The van der Waals surface area contributed by atoms with Gasteiger partial charge in [-0.05, 0) is 31.9 Å². The largest absolute Gasteiger partial charge is 0.347 e. The van der Waals surface area contributed by atoms with Crippen LogP contribution in [0.4, 0.5) is 10.1 Å². The SMILES string of the molecule is CCC(C)(CCBr)NC(=O)c1cc(F)ccc1[N+](=O)[O-]. The molecule has 0 aromatic heterocycles. The van der Waals surface area contributed by atoms with Crippen molar-refractivity contribution in [2.45, 2.75) is 32.2 Å². The third-order valence-corrected chi connectivity index (χ3v) is 3.64. The Morgan fingerprint density at radius 2 is 2.20 bits per heavy atom. The molecule has 0 aliphatic heterocycles. The molecule has 0 aliphatic carbocycles. The fourth-order valence-electron chi connectivity index (χ4n) is 1.73. The van der Waals surface area contributed by atoms with Crippen LogP contribution in [-0.4, -0.2) is 21.7 Å². The zero-order valence-corrected chi connectivity index (χ0v) is 12.9. The molecule has 5 nitrogen and oxygen atoms in total. The summed E-state index contributed by atoms with van der Waals surface area (Å²) in [7, 11) is 0. The van der Waals surface area contributed by atoms with E-state index in [4.69, 9.17) is 0 Å². The molecule has 110 valence electrons. The zero-order valence-electron chi connectivity index (χ0n) is 11.3. The molecule has 0 fully saturated rings. The Kier molecular flexibility index (Phi) is 5.62. The summed E-state index contributed by atoms with van der Waals surface area (Å²) in [6.45, 7) is 3.75. The Morgan fingerprint density at radius 3 is 2.70 bits per heavy atom. The van der Waals surface area contributed by atoms with Gasteiger partial charge in [0.1, 0.15) is 11.4 Å². The van der Waals surface area contributed by atoms with Gasteiger partial charge in [-0.15, -0.1) is 0 Å². The summed E-state index contributed by atoms with van der Waals surface area (Å²) >= 11 is 3.30. The highest BCUT2D eigenvalue weighted by Gasteiger charge is 2.28.